The second-order valence-electron chi connectivity index (χ2n) is 6.03. The third-order valence-electron chi connectivity index (χ3n) is 4.08. The van der Waals surface area contributed by atoms with Crippen molar-refractivity contribution in [2.24, 2.45) is 0 Å². The summed E-state index contributed by atoms with van der Waals surface area (Å²) in [4.78, 5) is 26.6. The molecular weight excluding hydrogens is 322 g/mol. The average molecular weight is 345 g/mol. The number of rotatable bonds is 6. The Morgan fingerprint density at radius 2 is 2.08 bits per heavy atom. The van der Waals surface area contributed by atoms with Gasteiger partial charge in [-0.2, -0.15) is 0 Å². The van der Waals surface area contributed by atoms with Crippen molar-refractivity contribution in [3.63, 3.8) is 0 Å². The average Bonchev–Trinajstić information content (AvgIpc) is 2.81. The molecule has 6 nitrogen and oxygen atoms in total. The molecule has 0 saturated carbocycles. The molecule has 1 aliphatic heterocycles. The molecule has 1 atom stereocenters. The van der Waals surface area contributed by atoms with Crippen LogP contribution in [0.25, 0.3) is 5.76 Å². The summed E-state index contributed by atoms with van der Waals surface area (Å²) in [5.41, 5.74) is 0.0576. The first kappa shape index (κ1) is 18.6. The summed E-state index contributed by atoms with van der Waals surface area (Å²) in [6.07, 6.45) is 1.61. The van der Waals surface area contributed by atoms with Crippen LogP contribution in [-0.4, -0.2) is 47.5 Å². The largest absolute Gasteiger partial charge is 0.506 e. The second-order valence-corrected chi connectivity index (χ2v) is 6.03. The molecule has 134 valence electrons. The number of carbonyl (C=O) groups is 2. The van der Waals surface area contributed by atoms with Gasteiger partial charge in [-0.05, 0) is 32.9 Å². The van der Waals surface area contributed by atoms with E-state index in [9.17, 15) is 14.7 Å². The monoisotopic (exact) mass is 345 g/mol. The molecule has 1 heterocycles. The zero-order chi connectivity index (χ0) is 18.7. The normalized spacial score (nSPS) is 19.4. The van der Waals surface area contributed by atoms with Gasteiger partial charge in [0, 0.05) is 12.1 Å². The highest BCUT2D eigenvalue weighted by molar-refractivity contribution is 6.30. The van der Waals surface area contributed by atoms with Crippen molar-refractivity contribution in [2.75, 3.05) is 13.7 Å². The summed E-state index contributed by atoms with van der Waals surface area (Å²) in [6.45, 7) is 9.22. The molecule has 25 heavy (non-hydrogen) atoms. The van der Waals surface area contributed by atoms with Crippen LogP contribution in [0.4, 0.5) is 0 Å². The van der Waals surface area contributed by atoms with Gasteiger partial charge in [0.25, 0.3) is 5.91 Å². The van der Waals surface area contributed by atoms with E-state index >= 15 is 0 Å². The molecule has 1 aromatic rings. The Morgan fingerprint density at radius 1 is 1.40 bits per heavy atom. The van der Waals surface area contributed by atoms with Crippen LogP contribution in [0.3, 0.4) is 0 Å². The predicted octanol–water partition coefficient (Wildman–Crippen LogP) is 2.74. The Labute approximate surface area is 147 Å². The Balaban J connectivity index is 2.50. The molecule has 1 unspecified atom stereocenters. The fourth-order valence-corrected chi connectivity index (χ4v) is 2.89. The fourth-order valence-electron chi connectivity index (χ4n) is 2.89. The SMILES string of the molecule is C=CCOc1ccc(/C(O)=C2\C(=O)C(C)N(C(C)C)C2=O)c(OC)c1. The van der Waals surface area contributed by atoms with Crippen molar-refractivity contribution in [3.05, 3.63) is 42.0 Å². The number of carbonyl (C=O) groups excluding carboxylic acids is 2. The third kappa shape index (κ3) is 3.38. The molecule has 0 radical (unpaired) electrons. The quantitative estimate of drug-likeness (QED) is 0.371. The van der Waals surface area contributed by atoms with Gasteiger partial charge in [0.1, 0.15) is 29.4 Å². The molecule has 2 rings (SSSR count). The Morgan fingerprint density at radius 3 is 2.60 bits per heavy atom. The lowest BCUT2D eigenvalue weighted by molar-refractivity contribution is -0.128. The third-order valence-corrected chi connectivity index (χ3v) is 4.08. The van der Waals surface area contributed by atoms with E-state index in [4.69, 9.17) is 9.47 Å². The highest BCUT2D eigenvalue weighted by atomic mass is 16.5. The summed E-state index contributed by atoms with van der Waals surface area (Å²) in [6, 6.07) is 4.02. The highest BCUT2D eigenvalue weighted by Gasteiger charge is 2.44. The smallest absolute Gasteiger partial charge is 0.262 e. The number of ether oxygens (including phenoxy) is 2. The summed E-state index contributed by atoms with van der Waals surface area (Å²) in [5, 5.41) is 10.6. The van der Waals surface area contributed by atoms with Crippen molar-refractivity contribution < 1.29 is 24.2 Å². The zero-order valence-corrected chi connectivity index (χ0v) is 14.9. The molecule has 6 heteroatoms. The summed E-state index contributed by atoms with van der Waals surface area (Å²) >= 11 is 0. The number of methoxy groups -OCH3 is 1. The lowest BCUT2D eigenvalue weighted by atomic mass is 10.0. The van der Waals surface area contributed by atoms with Gasteiger partial charge in [-0.15, -0.1) is 0 Å². The summed E-state index contributed by atoms with van der Waals surface area (Å²) in [5.74, 6) is -0.413. The number of hydrogen-bond donors (Lipinski definition) is 1. The molecule has 0 spiro atoms. The van der Waals surface area contributed by atoms with Gasteiger partial charge in [-0.3, -0.25) is 9.59 Å². The molecule has 1 aliphatic rings. The van der Waals surface area contributed by atoms with Crippen LogP contribution in [0.2, 0.25) is 0 Å². The van der Waals surface area contributed by atoms with E-state index in [0.717, 1.165) is 0 Å². The van der Waals surface area contributed by atoms with Crippen molar-refractivity contribution in [3.8, 4) is 11.5 Å². The van der Waals surface area contributed by atoms with E-state index in [-0.39, 0.29) is 22.9 Å². The van der Waals surface area contributed by atoms with Crippen molar-refractivity contribution in [2.45, 2.75) is 32.9 Å². The first-order chi connectivity index (χ1) is 11.8. The molecule has 1 fully saturated rings. The van der Waals surface area contributed by atoms with Crippen molar-refractivity contribution in [1.82, 2.24) is 4.90 Å². The highest BCUT2D eigenvalue weighted by Crippen LogP contribution is 2.34. The van der Waals surface area contributed by atoms with E-state index in [1.807, 2.05) is 13.8 Å². The number of hydrogen-bond acceptors (Lipinski definition) is 5. The zero-order valence-electron chi connectivity index (χ0n) is 14.9. The van der Waals surface area contributed by atoms with Crippen molar-refractivity contribution >= 4 is 17.4 Å². The molecule has 1 N–H and O–H groups in total. The molecular formula is C19H23NO5. The van der Waals surface area contributed by atoms with Gasteiger partial charge in [0.2, 0.25) is 0 Å². The maximum absolute atomic E-state index is 12.6. The summed E-state index contributed by atoms with van der Waals surface area (Å²) < 4.78 is 10.7. The van der Waals surface area contributed by atoms with E-state index < -0.39 is 17.7 Å². The topological polar surface area (TPSA) is 76.1 Å². The standard InChI is InChI=1S/C19H23NO5/c1-6-9-25-13-7-8-14(15(10-13)24-5)18(22)16-17(21)12(4)20(11(2)3)19(16)23/h6-8,10-12,22H,1,9H2,2-5H3/b18-16-. The molecule has 0 aromatic heterocycles. The number of Topliss-reactive ketones (excluding diaryl/α,β-unsaturated/α-hetero) is 1. The van der Waals surface area contributed by atoms with Gasteiger partial charge >= 0.3 is 0 Å². The van der Waals surface area contributed by atoms with Gasteiger partial charge in [0.15, 0.2) is 5.78 Å². The molecule has 1 amide bonds. The predicted molar refractivity (Wildman–Crippen MR) is 94.7 cm³/mol. The van der Waals surface area contributed by atoms with Crippen molar-refractivity contribution in [1.29, 1.82) is 0 Å². The number of ketones is 1. The minimum Gasteiger partial charge on any atom is -0.506 e. The molecule has 1 aromatic carbocycles. The first-order valence-electron chi connectivity index (χ1n) is 8.05. The van der Waals surface area contributed by atoms with E-state index in [1.165, 1.54) is 12.0 Å². The fraction of sp³-hybridized carbons (Fsp3) is 0.368. The van der Waals surface area contributed by atoms with Crippen LogP contribution in [0.1, 0.15) is 26.3 Å². The summed E-state index contributed by atoms with van der Waals surface area (Å²) in [7, 11) is 1.44. The molecule has 1 saturated heterocycles. The minimum atomic E-state index is -0.606. The second kappa shape index (κ2) is 7.42. The number of benzene rings is 1. The Kier molecular flexibility index (Phi) is 5.51. The minimum absolute atomic E-state index is 0.145. The molecule has 0 aliphatic carbocycles. The van der Waals surface area contributed by atoms with Crippen LogP contribution in [0.15, 0.2) is 36.4 Å². The number of amides is 1. The Bertz CT molecular complexity index is 735. The number of aliphatic hydroxyl groups is 1. The van der Waals surface area contributed by atoms with Gasteiger partial charge in [-0.25, -0.2) is 0 Å². The van der Waals surface area contributed by atoms with Gasteiger partial charge in [0.05, 0.1) is 18.7 Å². The maximum Gasteiger partial charge on any atom is 0.262 e. The van der Waals surface area contributed by atoms with Crippen LogP contribution >= 0.6 is 0 Å². The number of likely N-dealkylation sites (tertiary alicyclic amines) is 1. The van der Waals surface area contributed by atoms with Crippen LogP contribution in [0.5, 0.6) is 11.5 Å². The maximum atomic E-state index is 12.6. The van der Waals surface area contributed by atoms with Crippen LogP contribution in [0, 0.1) is 0 Å². The van der Waals surface area contributed by atoms with Crippen LogP contribution < -0.4 is 9.47 Å². The molecule has 0 bridgehead atoms. The number of nitrogens with zero attached hydrogens (tertiary/aromatic N) is 1. The van der Waals surface area contributed by atoms with E-state index in [0.29, 0.717) is 18.1 Å². The van der Waals surface area contributed by atoms with Gasteiger partial charge in [-0.1, -0.05) is 12.7 Å². The number of aliphatic hydroxyl groups excluding tert-OH is 1. The van der Waals surface area contributed by atoms with Gasteiger partial charge < -0.3 is 19.5 Å². The van der Waals surface area contributed by atoms with E-state index in [1.54, 1.807) is 31.2 Å². The lowest BCUT2D eigenvalue weighted by Crippen LogP contribution is -2.38. The van der Waals surface area contributed by atoms with Crippen LogP contribution in [-0.2, 0) is 9.59 Å². The van der Waals surface area contributed by atoms with E-state index in [2.05, 4.69) is 6.58 Å². The lowest BCUT2D eigenvalue weighted by Gasteiger charge is -2.23. The first-order valence-corrected chi connectivity index (χ1v) is 8.05. The Hall–Kier alpha value is -2.76.